The van der Waals surface area contributed by atoms with Gasteiger partial charge in [-0.2, -0.15) is 5.10 Å². The molecule has 0 fully saturated rings. The molecule has 0 unspecified atom stereocenters. The molecule has 2 aromatic rings. The van der Waals surface area contributed by atoms with Crippen molar-refractivity contribution >= 4 is 0 Å². The van der Waals surface area contributed by atoms with Crippen LogP contribution in [0.5, 0.6) is 5.75 Å². The molecule has 0 aliphatic heterocycles. The number of rotatable bonds is 6. The highest BCUT2D eigenvalue weighted by molar-refractivity contribution is 5.20. The van der Waals surface area contributed by atoms with Crippen LogP contribution >= 0.6 is 0 Å². The SMILES string of the molecule is NCCCOc1cnn(Cc2c(F)cccc2F)c(=O)c1. The van der Waals surface area contributed by atoms with Crippen LogP contribution in [0.3, 0.4) is 0 Å². The van der Waals surface area contributed by atoms with Gasteiger partial charge in [0.2, 0.25) is 0 Å². The van der Waals surface area contributed by atoms with Gasteiger partial charge in [-0.05, 0) is 25.1 Å². The molecule has 2 N–H and O–H groups in total. The third kappa shape index (κ3) is 3.85. The van der Waals surface area contributed by atoms with Crippen LogP contribution in [0.1, 0.15) is 12.0 Å². The molecule has 0 saturated carbocycles. The predicted octanol–water partition coefficient (Wildman–Crippen LogP) is 1.30. The van der Waals surface area contributed by atoms with Crippen molar-refractivity contribution in [3.63, 3.8) is 0 Å². The quantitative estimate of drug-likeness (QED) is 0.815. The Morgan fingerprint density at radius 3 is 2.62 bits per heavy atom. The summed E-state index contributed by atoms with van der Waals surface area (Å²) >= 11 is 0. The zero-order valence-electron chi connectivity index (χ0n) is 11.3. The molecule has 0 bridgehead atoms. The Bertz CT molecular complexity index is 653. The summed E-state index contributed by atoms with van der Waals surface area (Å²) in [5.41, 5.74) is 4.63. The second kappa shape index (κ2) is 6.94. The zero-order valence-corrected chi connectivity index (χ0v) is 11.3. The van der Waals surface area contributed by atoms with Gasteiger partial charge in [0.05, 0.1) is 19.3 Å². The number of nitrogens with two attached hydrogens (primary N) is 1. The highest BCUT2D eigenvalue weighted by Crippen LogP contribution is 2.13. The number of nitrogens with zero attached hydrogens (tertiary/aromatic N) is 2. The number of halogens is 2. The third-order valence-corrected chi connectivity index (χ3v) is 2.83. The second-order valence-electron chi connectivity index (χ2n) is 4.38. The van der Waals surface area contributed by atoms with E-state index in [1.165, 1.54) is 18.3 Å². The molecule has 21 heavy (non-hydrogen) atoms. The van der Waals surface area contributed by atoms with Gasteiger partial charge < -0.3 is 10.5 Å². The highest BCUT2D eigenvalue weighted by atomic mass is 19.1. The van der Waals surface area contributed by atoms with Crippen LogP contribution < -0.4 is 16.0 Å². The van der Waals surface area contributed by atoms with E-state index in [9.17, 15) is 13.6 Å². The summed E-state index contributed by atoms with van der Waals surface area (Å²) in [7, 11) is 0. The van der Waals surface area contributed by atoms with E-state index in [4.69, 9.17) is 10.5 Å². The number of benzene rings is 1. The fourth-order valence-corrected chi connectivity index (χ4v) is 1.72. The molecule has 112 valence electrons. The predicted molar refractivity (Wildman–Crippen MR) is 73.1 cm³/mol. The lowest BCUT2D eigenvalue weighted by Crippen LogP contribution is -2.23. The van der Waals surface area contributed by atoms with Crippen molar-refractivity contribution < 1.29 is 13.5 Å². The van der Waals surface area contributed by atoms with Crippen molar-refractivity contribution in [1.82, 2.24) is 9.78 Å². The molecule has 0 aliphatic rings. The smallest absolute Gasteiger partial charge is 0.270 e. The molecule has 0 radical (unpaired) electrons. The number of hydrogen-bond donors (Lipinski definition) is 1. The Morgan fingerprint density at radius 1 is 1.29 bits per heavy atom. The van der Waals surface area contributed by atoms with Crippen molar-refractivity contribution in [3.8, 4) is 5.75 Å². The van der Waals surface area contributed by atoms with Gasteiger partial charge in [0.15, 0.2) is 0 Å². The minimum absolute atomic E-state index is 0.205. The minimum Gasteiger partial charge on any atom is -0.492 e. The summed E-state index contributed by atoms with van der Waals surface area (Å²) in [6.45, 7) is 0.584. The topological polar surface area (TPSA) is 70.1 Å². The fraction of sp³-hybridized carbons (Fsp3) is 0.286. The average molecular weight is 295 g/mol. The van der Waals surface area contributed by atoms with E-state index in [1.807, 2.05) is 0 Å². The first-order valence-electron chi connectivity index (χ1n) is 6.44. The normalized spacial score (nSPS) is 10.6. The molecule has 0 spiro atoms. The third-order valence-electron chi connectivity index (χ3n) is 2.83. The first-order chi connectivity index (χ1) is 10.1. The van der Waals surface area contributed by atoms with Crippen molar-refractivity contribution in [3.05, 3.63) is 58.0 Å². The number of aromatic nitrogens is 2. The second-order valence-corrected chi connectivity index (χ2v) is 4.38. The number of ether oxygens (including phenoxy) is 1. The average Bonchev–Trinajstić information content (AvgIpc) is 2.45. The first kappa shape index (κ1) is 15.1. The molecule has 7 heteroatoms. The van der Waals surface area contributed by atoms with E-state index in [1.54, 1.807) is 0 Å². The van der Waals surface area contributed by atoms with Crippen LogP contribution in [-0.2, 0) is 6.54 Å². The lowest BCUT2D eigenvalue weighted by atomic mass is 10.2. The monoisotopic (exact) mass is 295 g/mol. The summed E-state index contributed by atoms with van der Waals surface area (Å²) in [5, 5.41) is 3.85. The number of hydrogen-bond acceptors (Lipinski definition) is 4. The van der Waals surface area contributed by atoms with Gasteiger partial charge in [0.25, 0.3) is 5.56 Å². The van der Waals surface area contributed by atoms with Crippen molar-refractivity contribution in [2.45, 2.75) is 13.0 Å². The van der Waals surface area contributed by atoms with E-state index in [2.05, 4.69) is 5.10 Å². The van der Waals surface area contributed by atoms with Crippen LogP contribution in [0.2, 0.25) is 0 Å². The Hall–Kier alpha value is -2.28. The summed E-state index contributed by atoms with van der Waals surface area (Å²) in [4.78, 5) is 11.9. The highest BCUT2D eigenvalue weighted by Gasteiger charge is 2.11. The Labute approximate surface area is 120 Å². The molecular formula is C14H15F2N3O2. The van der Waals surface area contributed by atoms with Crippen LogP contribution in [0.15, 0.2) is 35.3 Å². The van der Waals surface area contributed by atoms with Gasteiger partial charge in [0, 0.05) is 11.6 Å². The Morgan fingerprint density at radius 2 is 2.00 bits per heavy atom. The molecule has 0 atom stereocenters. The molecule has 2 rings (SSSR count). The van der Waals surface area contributed by atoms with Gasteiger partial charge in [-0.1, -0.05) is 6.07 Å². The van der Waals surface area contributed by atoms with Gasteiger partial charge in [0.1, 0.15) is 17.4 Å². The van der Waals surface area contributed by atoms with Gasteiger partial charge in [-0.3, -0.25) is 4.79 Å². The van der Waals surface area contributed by atoms with Crippen molar-refractivity contribution in [2.75, 3.05) is 13.2 Å². The lowest BCUT2D eigenvalue weighted by Gasteiger charge is -2.08. The van der Waals surface area contributed by atoms with E-state index in [0.29, 0.717) is 25.3 Å². The molecule has 1 aromatic carbocycles. The maximum atomic E-state index is 13.5. The summed E-state index contributed by atoms with van der Waals surface area (Å²) in [5.74, 6) is -1.13. The Kier molecular flexibility index (Phi) is 4.99. The molecule has 5 nitrogen and oxygen atoms in total. The first-order valence-corrected chi connectivity index (χ1v) is 6.44. The maximum Gasteiger partial charge on any atom is 0.270 e. The molecule has 0 aliphatic carbocycles. The van der Waals surface area contributed by atoms with Gasteiger partial charge in [-0.25, -0.2) is 13.5 Å². The summed E-state index contributed by atoms with van der Waals surface area (Å²) in [6, 6.07) is 4.75. The largest absolute Gasteiger partial charge is 0.492 e. The fourth-order valence-electron chi connectivity index (χ4n) is 1.72. The van der Waals surface area contributed by atoms with E-state index >= 15 is 0 Å². The maximum absolute atomic E-state index is 13.5. The molecule has 0 amide bonds. The van der Waals surface area contributed by atoms with Gasteiger partial charge in [-0.15, -0.1) is 0 Å². The van der Waals surface area contributed by atoms with Crippen molar-refractivity contribution in [1.29, 1.82) is 0 Å². The zero-order chi connectivity index (χ0) is 15.2. The molecular weight excluding hydrogens is 280 g/mol. The van der Waals surface area contributed by atoms with Crippen LogP contribution in [0.4, 0.5) is 8.78 Å². The van der Waals surface area contributed by atoms with Crippen LogP contribution in [0, 0.1) is 11.6 Å². The summed E-state index contributed by atoms with van der Waals surface area (Å²) in [6.07, 6.45) is 1.99. The van der Waals surface area contributed by atoms with Gasteiger partial charge >= 0.3 is 0 Å². The van der Waals surface area contributed by atoms with Crippen LogP contribution in [-0.4, -0.2) is 22.9 Å². The lowest BCUT2D eigenvalue weighted by molar-refractivity contribution is 0.309. The Balaban J connectivity index is 2.16. The summed E-state index contributed by atoms with van der Waals surface area (Å²) < 4.78 is 33.3. The van der Waals surface area contributed by atoms with E-state index in [-0.39, 0.29) is 12.1 Å². The molecule has 1 aromatic heterocycles. The van der Waals surface area contributed by atoms with Crippen LogP contribution in [0.25, 0.3) is 0 Å². The van der Waals surface area contributed by atoms with E-state index < -0.39 is 17.2 Å². The molecule has 0 saturated heterocycles. The minimum atomic E-state index is -0.716. The molecule has 1 heterocycles. The van der Waals surface area contributed by atoms with E-state index in [0.717, 1.165) is 16.8 Å². The van der Waals surface area contributed by atoms with Crippen molar-refractivity contribution in [2.24, 2.45) is 5.73 Å². The standard InChI is InChI=1S/C14H15F2N3O2/c15-12-3-1-4-13(16)11(12)9-19-14(20)7-10(8-18-19)21-6-2-5-17/h1,3-4,7-8H,2,5-6,9,17H2.